The number of aliphatic hydroxyl groups excluding tert-OH is 1. The van der Waals surface area contributed by atoms with Gasteiger partial charge < -0.3 is 15.3 Å². The summed E-state index contributed by atoms with van der Waals surface area (Å²) in [5.41, 5.74) is 4.16. The normalized spacial score (nSPS) is 11.7. The molecule has 0 saturated heterocycles. The number of carbonyl (C=O) groups is 1. The van der Waals surface area contributed by atoms with Gasteiger partial charge in [0.25, 0.3) is 0 Å². The van der Waals surface area contributed by atoms with E-state index in [2.05, 4.69) is 0 Å². The van der Waals surface area contributed by atoms with E-state index in [1.807, 2.05) is 32.9 Å². The van der Waals surface area contributed by atoms with Crippen LogP contribution >= 0.6 is 0 Å². The molecule has 1 rings (SSSR count). The van der Waals surface area contributed by atoms with Crippen molar-refractivity contribution in [2.45, 2.75) is 33.6 Å². The molecule has 0 aliphatic rings. The maximum atomic E-state index is 10.7. The smallest absolute Gasteiger partial charge is 0.328 e. The van der Waals surface area contributed by atoms with E-state index >= 15 is 0 Å². The first kappa shape index (κ1) is 18.7. The zero-order valence-corrected chi connectivity index (χ0v) is 13.8. The number of phenols is 1. The van der Waals surface area contributed by atoms with Crippen LogP contribution in [-0.4, -0.2) is 27.9 Å². The van der Waals surface area contributed by atoms with Gasteiger partial charge in [0.1, 0.15) is 5.75 Å². The van der Waals surface area contributed by atoms with Crippen molar-refractivity contribution >= 4 is 12.0 Å². The molecule has 4 heteroatoms. The van der Waals surface area contributed by atoms with E-state index in [0.29, 0.717) is 18.4 Å². The van der Waals surface area contributed by atoms with Crippen molar-refractivity contribution in [3.05, 3.63) is 58.2 Å². The molecule has 1 aromatic rings. The highest BCUT2D eigenvalue weighted by molar-refractivity contribution is 5.85. The number of aliphatic hydroxyl groups is 1. The molecular formula is C19H24O4. The van der Waals surface area contributed by atoms with Crippen molar-refractivity contribution in [2.24, 2.45) is 0 Å². The molecule has 0 unspecified atom stereocenters. The van der Waals surface area contributed by atoms with Gasteiger partial charge in [-0.3, -0.25) is 0 Å². The van der Waals surface area contributed by atoms with Gasteiger partial charge in [-0.15, -0.1) is 0 Å². The fourth-order valence-corrected chi connectivity index (χ4v) is 2.02. The van der Waals surface area contributed by atoms with Crippen LogP contribution in [0.2, 0.25) is 0 Å². The summed E-state index contributed by atoms with van der Waals surface area (Å²) < 4.78 is 0. The molecule has 0 aliphatic heterocycles. The number of aromatic hydroxyl groups is 1. The third kappa shape index (κ3) is 6.53. The molecule has 23 heavy (non-hydrogen) atoms. The average Bonchev–Trinajstić information content (AvgIpc) is 2.50. The van der Waals surface area contributed by atoms with E-state index in [9.17, 15) is 9.90 Å². The molecule has 0 heterocycles. The highest BCUT2D eigenvalue weighted by Gasteiger charge is 2.08. The maximum Gasteiger partial charge on any atom is 0.328 e. The van der Waals surface area contributed by atoms with Crippen LogP contribution < -0.4 is 0 Å². The van der Waals surface area contributed by atoms with E-state index in [0.717, 1.165) is 28.3 Å². The number of aliphatic carboxylic acids is 1. The number of hydrogen-bond acceptors (Lipinski definition) is 3. The zero-order valence-electron chi connectivity index (χ0n) is 13.8. The SMILES string of the molecule is CC(C)=CCc1cc(/C=C/C(=O)O)cc(C/C=C(\C)CO)c1O. The molecule has 3 N–H and O–H groups in total. The number of carboxylic acids is 1. The Morgan fingerprint density at radius 1 is 1.09 bits per heavy atom. The van der Waals surface area contributed by atoms with Gasteiger partial charge in [-0.05, 0) is 68.5 Å². The van der Waals surface area contributed by atoms with Crippen molar-refractivity contribution in [1.29, 1.82) is 0 Å². The number of carboxylic acid groups (broad SMARTS) is 1. The maximum absolute atomic E-state index is 10.7. The van der Waals surface area contributed by atoms with Crippen molar-refractivity contribution in [3.8, 4) is 5.75 Å². The first-order valence-electron chi connectivity index (χ1n) is 7.49. The first-order chi connectivity index (χ1) is 10.8. The molecule has 0 radical (unpaired) electrons. The van der Waals surface area contributed by atoms with Gasteiger partial charge in [0, 0.05) is 6.08 Å². The van der Waals surface area contributed by atoms with Crippen LogP contribution in [0, 0.1) is 0 Å². The van der Waals surface area contributed by atoms with Gasteiger partial charge in [0.15, 0.2) is 0 Å². The van der Waals surface area contributed by atoms with Gasteiger partial charge in [-0.1, -0.05) is 23.3 Å². The summed E-state index contributed by atoms with van der Waals surface area (Å²) in [6.45, 7) is 5.76. The Bertz CT molecular complexity index is 648. The van der Waals surface area contributed by atoms with Crippen LogP contribution in [-0.2, 0) is 17.6 Å². The van der Waals surface area contributed by atoms with E-state index in [1.165, 1.54) is 6.08 Å². The lowest BCUT2D eigenvalue weighted by molar-refractivity contribution is -0.131. The quantitative estimate of drug-likeness (QED) is 0.531. The topological polar surface area (TPSA) is 77.8 Å². The summed E-state index contributed by atoms with van der Waals surface area (Å²) in [5.74, 6) is -0.793. The fourth-order valence-electron chi connectivity index (χ4n) is 2.02. The molecule has 0 aliphatic carbocycles. The second kappa shape index (κ2) is 8.96. The van der Waals surface area contributed by atoms with Gasteiger partial charge >= 0.3 is 5.97 Å². The van der Waals surface area contributed by atoms with Crippen molar-refractivity contribution in [3.63, 3.8) is 0 Å². The molecule has 124 valence electrons. The molecule has 0 bridgehead atoms. The van der Waals surface area contributed by atoms with Crippen LogP contribution in [0.5, 0.6) is 5.75 Å². The Labute approximate surface area is 137 Å². The molecule has 0 fully saturated rings. The Hall–Kier alpha value is -2.33. The number of rotatable bonds is 7. The number of hydrogen-bond donors (Lipinski definition) is 3. The standard InChI is InChI=1S/C19H24O4/c1-13(2)4-7-16-10-15(6-9-18(21)22)11-17(19(16)23)8-5-14(3)12-20/h4-6,9-11,20,23H,7-8,12H2,1-3H3,(H,21,22)/b9-6+,14-5+. The monoisotopic (exact) mass is 316 g/mol. The molecule has 4 nitrogen and oxygen atoms in total. The second-order valence-corrected chi connectivity index (χ2v) is 5.76. The van der Waals surface area contributed by atoms with E-state index in [-0.39, 0.29) is 12.4 Å². The van der Waals surface area contributed by atoms with Crippen molar-refractivity contribution < 1.29 is 20.1 Å². The molecule has 0 spiro atoms. The van der Waals surface area contributed by atoms with Gasteiger partial charge in [0.2, 0.25) is 0 Å². The minimum absolute atomic E-state index is 0.0238. The third-order valence-corrected chi connectivity index (χ3v) is 3.36. The first-order valence-corrected chi connectivity index (χ1v) is 7.49. The minimum Gasteiger partial charge on any atom is -0.507 e. The number of phenolic OH excluding ortho intramolecular Hbond substituents is 1. The number of benzene rings is 1. The predicted octanol–water partition coefficient (Wildman–Crippen LogP) is 3.48. The van der Waals surface area contributed by atoms with E-state index < -0.39 is 5.97 Å². The lowest BCUT2D eigenvalue weighted by Gasteiger charge is -2.10. The lowest BCUT2D eigenvalue weighted by Crippen LogP contribution is -1.94. The molecule has 1 aromatic carbocycles. The van der Waals surface area contributed by atoms with Crippen LogP contribution in [0.25, 0.3) is 6.08 Å². The molecule has 0 atom stereocenters. The summed E-state index contributed by atoms with van der Waals surface area (Å²) >= 11 is 0. The zero-order chi connectivity index (χ0) is 17.4. The van der Waals surface area contributed by atoms with Gasteiger partial charge in [-0.2, -0.15) is 0 Å². The summed E-state index contributed by atoms with van der Waals surface area (Å²) in [4.78, 5) is 10.7. The molecular weight excluding hydrogens is 292 g/mol. The minimum atomic E-state index is -1.01. The van der Waals surface area contributed by atoms with Gasteiger partial charge in [0.05, 0.1) is 6.61 Å². The summed E-state index contributed by atoms with van der Waals surface area (Å²) in [6, 6.07) is 3.56. The Kier molecular flexibility index (Phi) is 7.29. The fraction of sp³-hybridized carbons (Fsp3) is 0.316. The van der Waals surface area contributed by atoms with Crippen molar-refractivity contribution in [2.75, 3.05) is 6.61 Å². The largest absolute Gasteiger partial charge is 0.507 e. The van der Waals surface area contributed by atoms with E-state index in [1.54, 1.807) is 12.1 Å². The van der Waals surface area contributed by atoms with Crippen LogP contribution in [0.15, 0.2) is 41.5 Å². The summed E-state index contributed by atoms with van der Waals surface area (Å²) in [7, 11) is 0. The highest BCUT2D eigenvalue weighted by atomic mass is 16.4. The highest BCUT2D eigenvalue weighted by Crippen LogP contribution is 2.27. The van der Waals surface area contributed by atoms with E-state index in [4.69, 9.17) is 10.2 Å². The van der Waals surface area contributed by atoms with Crippen LogP contribution in [0.1, 0.15) is 37.5 Å². The van der Waals surface area contributed by atoms with Crippen LogP contribution in [0.4, 0.5) is 0 Å². The van der Waals surface area contributed by atoms with Crippen LogP contribution in [0.3, 0.4) is 0 Å². The lowest BCUT2D eigenvalue weighted by atomic mass is 9.98. The molecule has 0 saturated carbocycles. The summed E-state index contributed by atoms with van der Waals surface area (Å²) in [5, 5.41) is 28.3. The van der Waals surface area contributed by atoms with Crippen molar-refractivity contribution in [1.82, 2.24) is 0 Å². The molecule has 0 aromatic heterocycles. The second-order valence-electron chi connectivity index (χ2n) is 5.76. The summed E-state index contributed by atoms with van der Waals surface area (Å²) in [6.07, 6.45) is 7.52. The predicted molar refractivity (Wildman–Crippen MR) is 92.5 cm³/mol. The Morgan fingerprint density at radius 2 is 1.65 bits per heavy atom. The Morgan fingerprint density at radius 3 is 2.13 bits per heavy atom. The molecule has 0 amide bonds. The third-order valence-electron chi connectivity index (χ3n) is 3.36. The average molecular weight is 316 g/mol. The van der Waals surface area contributed by atoms with Gasteiger partial charge in [-0.25, -0.2) is 4.79 Å². The number of allylic oxidation sites excluding steroid dienone is 3. The Balaban J connectivity index is 3.25.